The van der Waals surface area contributed by atoms with Crippen molar-refractivity contribution in [2.45, 2.75) is 32.4 Å². The van der Waals surface area contributed by atoms with Crippen LogP contribution >= 0.6 is 12.6 Å². The summed E-state index contributed by atoms with van der Waals surface area (Å²) in [5.74, 6) is -0.908. The Balaban J connectivity index is 1.61. The van der Waals surface area contributed by atoms with E-state index < -0.39 is 18.0 Å². The van der Waals surface area contributed by atoms with Crippen molar-refractivity contribution in [3.05, 3.63) is 48.0 Å². The molecule has 3 atom stereocenters. The van der Waals surface area contributed by atoms with Crippen molar-refractivity contribution >= 4 is 41.4 Å². The number of hydrogen-bond acceptors (Lipinski definition) is 5. The Labute approximate surface area is 169 Å². The molecule has 0 aromatic heterocycles. The molecule has 1 heterocycles. The fourth-order valence-electron chi connectivity index (χ4n) is 3.31. The molecule has 1 aliphatic rings. The van der Waals surface area contributed by atoms with Gasteiger partial charge in [0, 0.05) is 29.9 Å². The lowest BCUT2D eigenvalue weighted by atomic mass is 10.1. The van der Waals surface area contributed by atoms with Crippen LogP contribution in [0.15, 0.2) is 42.5 Å². The van der Waals surface area contributed by atoms with Gasteiger partial charge in [-0.05, 0) is 36.2 Å². The highest BCUT2D eigenvalue weighted by atomic mass is 32.1. The van der Waals surface area contributed by atoms with Crippen LogP contribution in [0.25, 0.3) is 10.8 Å². The van der Waals surface area contributed by atoms with E-state index in [1.165, 1.54) is 4.90 Å². The molecule has 0 aliphatic carbocycles. The van der Waals surface area contributed by atoms with Crippen LogP contribution in [0.1, 0.15) is 30.6 Å². The van der Waals surface area contributed by atoms with E-state index in [1.807, 2.05) is 43.3 Å². The summed E-state index contributed by atoms with van der Waals surface area (Å²) in [5.41, 5.74) is 0.574. The first kappa shape index (κ1) is 20.2. The number of likely N-dealkylation sites (tertiary alicyclic amines) is 1. The van der Waals surface area contributed by atoms with E-state index in [-0.39, 0.29) is 18.0 Å². The van der Waals surface area contributed by atoms with Crippen LogP contribution < -0.4 is 5.32 Å². The average molecular weight is 401 g/mol. The molecular weight excluding hydrogens is 376 g/mol. The smallest absolute Gasteiger partial charge is 0.376 e. The van der Waals surface area contributed by atoms with Crippen molar-refractivity contribution in [2.24, 2.45) is 5.92 Å². The van der Waals surface area contributed by atoms with Gasteiger partial charge in [0.1, 0.15) is 0 Å². The van der Waals surface area contributed by atoms with Crippen LogP contribution in [0.4, 0.5) is 4.79 Å². The monoisotopic (exact) mass is 400 g/mol. The lowest BCUT2D eigenvalue weighted by molar-refractivity contribution is -0.141. The van der Waals surface area contributed by atoms with Gasteiger partial charge in [0.15, 0.2) is 0 Å². The van der Waals surface area contributed by atoms with Crippen molar-refractivity contribution in [1.82, 2.24) is 10.2 Å². The van der Waals surface area contributed by atoms with Crippen LogP contribution in [0.2, 0.25) is 0 Å². The van der Waals surface area contributed by atoms with Gasteiger partial charge in [-0.2, -0.15) is 12.6 Å². The van der Waals surface area contributed by atoms with Crippen molar-refractivity contribution in [2.75, 3.05) is 12.3 Å². The first-order chi connectivity index (χ1) is 13.4. The van der Waals surface area contributed by atoms with Crippen molar-refractivity contribution < 1.29 is 19.1 Å². The Kier molecular flexibility index (Phi) is 6.24. The second-order valence-corrected chi connectivity index (χ2v) is 7.61. The summed E-state index contributed by atoms with van der Waals surface area (Å²) < 4.78 is 4.93. The minimum atomic E-state index is -0.673. The number of amides is 2. The summed E-state index contributed by atoms with van der Waals surface area (Å²) in [6, 6.07) is 13.1. The Bertz CT molecular complexity index is 901. The first-order valence-electron chi connectivity index (χ1n) is 9.32. The maximum atomic E-state index is 12.6. The SMILES string of the molecule is CC(CS)C(=O)OC(=O)N1C[C@@H](NC(=O)c2ccc3ccccc3c2)CC1C. The molecule has 0 saturated carbocycles. The summed E-state index contributed by atoms with van der Waals surface area (Å²) >= 11 is 4.04. The van der Waals surface area contributed by atoms with Gasteiger partial charge in [0.25, 0.3) is 5.91 Å². The molecule has 3 rings (SSSR count). The lowest BCUT2D eigenvalue weighted by Gasteiger charge is -2.20. The van der Waals surface area contributed by atoms with E-state index in [9.17, 15) is 14.4 Å². The lowest BCUT2D eigenvalue weighted by Crippen LogP contribution is -2.40. The van der Waals surface area contributed by atoms with Gasteiger partial charge in [-0.15, -0.1) is 0 Å². The van der Waals surface area contributed by atoms with Gasteiger partial charge < -0.3 is 15.0 Å². The van der Waals surface area contributed by atoms with Crippen LogP contribution in [-0.4, -0.2) is 47.3 Å². The second-order valence-electron chi connectivity index (χ2n) is 7.24. The number of carbonyl (C=O) groups excluding carboxylic acids is 3. The van der Waals surface area contributed by atoms with E-state index in [2.05, 4.69) is 17.9 Å². The molecule has 1 aliphatic heterocycles. The van der Waals surface area contributed by atoms with E-state index in [0.29, 0.717) is 24.3 Å². The van der Waals surface area contributed by atoms with Crippen LogP contribution in [-0.2, 0) is 9.53 Å². The zero-order valence-electron chi connectivity index (χ0n) is 15.9. The fraction of sp³-hybridized carbons (Fsp3) is 0.381. The Morgan fingerprint density at radius 3 is 2.64 bits per heavy atom. The zero-order valence-corrected chi connectivity index (χ0v) is 16.8. The van der Waals surface area contributed by atoms with E-state index >= 15 is 0 Å². The number of fused-ring (bicyclic) bond motifs is 1. The molecular formula is C21H24N2O4S. The number of thiol groups is 1. The standard InChI is InChI=1S/C21H24N2O4S/c1-13(12-28)20(25)27-21(26)23-11-18(9-14(23)2)22-19(24)17-8-7-15-5-3-4-6-16(15)10-17/h3-8,10,13-14,18,28H,9,11-12H2,1-2H3,(H,22,24)/t13?,14?,18-/m0/s1. The van der Waals surface area contributed by atoms with Crippen LogP contribution in [0.5, 0.6) is 0 Å². The number of hydrogen-bond donors (Lipinski definition) is 2. The maximum Gasteiger partial charge on any atom is 0.417 e. The van der Waals surface area contributed by atoms with Crippen molar-refractivity contribution in [3.8, 4) is 0 Å². The normalized spacial score (nSPS) is 20.0. The third kappa shape index (κ3) is 4.47. The number of benzene rings is 2. The second kappa shape index (κ2) is 8.65. The Hall–Kier alpha value is -2.54. The quantitative estimate of drug-likeness (QED) is 0.469. The molecule has 2 unspecified atom stereocenters. The summed E-state index contributed by atoms with van der Waals surface area (Å²) in [6.45, 7) is 3.83. The third-order valence-electron chi connectivity index (χ3n) is 5.02. The average Bonchev–Trinajstić information content (AvgIpc) is 3.06. The molecule has 2 amide bonds. The number of rotatable bonds is 4. The summed E-state index contributed by atoms with van der Waals surface area (Å²) in [4.78, 5) is 38.2. The van der Waals surface area contributed by atoms with Gasteiger partial charge in [-0.1, -0.05) is 37.3 Å². The minimum absolute atomic E-state index is 0.131. The van der Waals surface area contributed by atoms with E-state index in [0.717, 1.165) is 10.8 Å². The van der Waals surface area contributed by atoms with E-state index in [4.69, 9.17) is 4.74 Å². The Morgan fingerprint density at radius 1 is 1.21 bits per heavy atom. The summed E-state index contributed by atoms with van der Waals surface area (Å²) in [6.07, 6.45) is -0.0707. The summed E-state index contributed by atoms with van der Waals surface area (Å²) in [5, 5.41) is 5.05. The van der Waals surface area contributed by atoms with Gasteiger partial charge in [-0.3, -0.25) is 9.59 Å². The highest BCUT2D eigenvalue weighted by Crippen LogP contribution is 2.20. The largest absolute Gasteiger partial charge is 0.417 e. The molecule has 0 spiro atoms. The first-order valence-corrected chi connectivity index (χ1v) is 9.95. The zero-order chi connectivity index (χ0) is 20.3. The maximum absolute atomic E-state index is 12.6. The van der Waals surface area contributed by atoms with Crippen molar-refractivity contribution in [1.29, 1.82) is 0 Å². The van der Waals surface area contributed by atoms with Crippen LogP contribution in [0, 0.1) is 5.92 Å². The van der Waals surface area contributed by atoms with Crippen LogP contribution in [0.3, 0.4) is 0 Å². The molecule has 0 radical (unpaired) electrons. The topological polar surface area (TPSA) is 75.7 Å². The highest BCUT2D eigenvalue weighted by Gasteiger charge is 2.35. The predicted molar refractivity (Wildman–Crippen MR) is 110 cm³/mol. The molecule has 28 heavy (non-hydrogen) atoms. The molecule has 6 nitrogen and oxygen atoms in total. The Morgan fingerprint density at radius 2 is 1.93 bits per heavy atom. The molecule has 0 bridgehead atoms. The fourth-order valence-corrected chi connectivity index (χ4v) is 3.46. The highest BCUT2D eigenvalue weighted by molar-refractivity contribution is 7.80. The number of esters is 1. The van der Waals surface area contributed by atoms with E-state index in [1.54, 1.807) is 13.0 Å². The van der Waals surface area contributed by atoms with Gasteiger partial charge >= 0.3 is 12.1 Å². The summed E-state index contributed by atoms with van der Waals surface area (Å²) in [7, 11) is 0. The minimum Gasteiger partial charge on any atom is -0.376 e. The molecule has 2 aromatic carbocycles. The van der Waals surface area contributed by atoms with Gasteiger partial charge in [0.2, 0.25) is 0 Å². The number of nitrogens with zero attached hydrogens (tertiary/aromatic N) is 1. The third-order valence-corrected chi connectivity index (χ3v) is 5.57. The predicted octanol–water partition coefficient (Wildman–Crippen LogP) is 3.26. The molecule has 2 aromatic rings. The van der Waals surface area contributed by atoms with Crippen molar-refractivity contribution in [3.63, 3.8) is 0 Å². The molecule has 148 valence electrons. The molecule has 7 heteroatoms. The van der Waals surface area contributed by atoms with Gasteiger partial charge in [-0.25, -0.2) is 4.79 Å². The van der Waals surface area contributed by atoms with Gasteiger partial charge in [0.05, 0.1) is 5.92 Å². The number of ether oxygens (including phenoxy) is 1. The molecule has 1 saturated heterocycles. The number of carbonyl (C=O) groups is 3. The molecule has 1 fully saturated rings. The molecule has 1 N–H and O–H groups in total. The number of nitrogens with one attached hydrogen (secondary N) is 1.